The van der Waals surface area contributed by atoms with Gasteiger partial charge in [0.1, 0.15) is 0 Å². The summed E-state index contributed by atoms with van der Waals surface area (Å²) in [5.74, 6) is 1.06. The third-order valence-electron chi connectivity index (χ3n) is 4.78. The minimum Gasteiger partial charge on any atom is -0.493 e. The van der Waals surface area contributed by atoms with Crippen molar-refractivity contribution in [2.75, 3.05) is 25.2 Å². The molecule has 1 N–H and O–H groups in total. The van der Waals surface area contributed by atoms with Gasteiger partial charge in [0.15, 0.2) is 11.5 Å². The quantitative estimate of drug-likeness (QED) is 0.726. The normalized spacial score (nSPS) is 16.2. The number of benzene rings is 2. The molecule has 1 amide bonds. The fourth-order valence-electron chi connectivity index (χ4n) is 3.44. The molecule has 0 spiro atoms. The highest BCUT2D eigenvalue weighted by Gasteiger charge is 2.34. The largest absolute Gasteiger partial charge is 0.493 e. The van der Waals surface area contributed by atoms with E-state index in [-0.39, 0.29) is 11.9 Å². The minimum absolute atomic E-state index is 0.102. The Morgan fingerprint density at radius 3 is 2.43 bits per heavy atom. The summed E-state index contributed by atoms with van der Waals surface area (Å²) in [6.07, 6.45) is 1.91. The summed E-state index contributed by atoms with van der Waals surface area (Å²) in [4.78, 5) is 12.6. The standard InChI is InChI=1S/C21H25N3O5S/c1-5-20(25)24-18(16-7-6-8-19(28-2)21(16)29-3)13-17(22-24)14-9-11-15(12-10-14)23-30(4,26)27/h6-12,18,23H,5,13H2,1-4H3. The van der Waals surface area contributed by atoms with Crippen molar-refractivity contribution in [1.29, 1.82) is 0 Å². The summed E-state index contributed by atoms with van der Waals surface area (Å²) in [7, 11) is -0.215. The zero-order valence-corrected chi connectivity index (χ0v) is 18.2. The molecule has 0 saturated carbocycles. The average Bonchev–Trinajstić information content (AvgIpc) is 3.17. The second-order valence-corrected chi connectivity index (χ2v) is 8.64. The number of hydrazone groups is 1. The number of nitrogens with zero attached hydrogens (tertiary/aromatic N) is 2. The molecule has 1 unspecified atom stereocenters. The number of nitrogens with one attached hydrogen (secondary N) is 1. The molecule has 0 aromatic heterocycles. The van der Waals surface area contributed by atoms with E-state index in [1.807, 2.05) is 12.1 Å². The van der Waals surface area contributed by atoms with E-state index in [2.05, 4.69) is 9.82 Å². The SMILES string of the molecule is CCC(=O)N1N=C(c2ccc(NS(C)(=O)=O)cc2)CC1c1cccc(OC)c1OC. The van der Waals surface area contributed by atoms with Crippen molar-refractivity contribution in [2.24, 2.45) is 5.10 Å². The van der Waals surface area contributed by atoms with Gasteiger partial charge >= 0.3 is 0 Å². The third-order valence-corrected chi connectivity index (χ3v) is 5.39. The highest BCUT2D eigenvalue weighted by atomic mass is 32.2. The van der Waals surface area contributed by atoms with Gasteiger partial charge in [0.2, 0.25) is 15.9 Å². The van der Waals surface area contributed by atoms with Gasteiger partial charge in [-0.2, -0.15) is 5.10 Å². The first kappa shape index (κ1) is 21.6. The lowest BCUT2D eigenvalue weighted by molar-refractivity contribution is -0.132. The van der Waals surface area contributed by atoms with E-state index in [0.717, 1.165) is 23.1 Å². The van der Waals surface area contributed by atoms with Gasteiger partial charge in [-0.05, 0) is 23.8 Å². The summed E-state index contributed by atoms with van der Waals surface area (Å²) in [6.45, 7) is 1.79. The Bertz CT molecular complexity index is 1060. The number of amides is 1. The minimum atomic E-state index is -3.35. The highest BCUT2D eigenvalue weighted by Crippen LogP contribution is 2.41. The summed E-state index contributed by atoms with van der Waals surface area (Å²) in [5.41, 5.74) is 2.82. The van der Waals surface area contributed by atoms with Crippen molar-refractivity contribution in [1.82, 2.24) is 5.01 Å². The number of anilines is 1. The summed E-state index contributed by atoms with van der Waals surface area (Å²) < 4.78 is 36.2. The third kappa shape index (κ3) is 4.56. The molecule has 1 aliphatic rings. The molecule has 3 rings (SSSR count). The van der Waals surface area contributed by atoms with Crippen LogP contribution in [0, 0.1) is 0 Å². The number of methoxy groups -OCH3 is 2. The molecule has 1 heterocycles. The van der Waals surface area contributed by atoms with Crippen LogP contribution in [0.1, 0.15) is 36.9 Å². The molecule has 1 atom stereocenters. The second-order valence-electron chi connectivity index (χ2n) is 6.89. The van der Waals surface area contributed by atoms with E-state index in [9.17, 15) is 13.2 Å². The van der Waals surface area contributed by atoms with Crippen molar-refractivity contribution in [3.8, 4) is 11.5 Å². The number of hydrogen-bond acceptors (Lipinski definition) is 6. The number of rotatable bonds is 7. The van der Waals surface area contributed by atoms with Crippen molar-refractivity contribution in [3.05, 3.63) is 53.6 Å². The van der Waals surface area contributed by atoms with Crippen LogP contribution in [0.15, 0.2) is 47.6 Å². The van der Waals surface area contributed by atoms with Gasteiger partial charge < -0.3 is 9.47 Å². The Morgan fingerprint density at radius 1 is 1.17 bits per heavy atom. The Morgan fingerprint density at radius 2 is 1.87 bits per heavy atom. The van der Waals surface area contributed by atoms with Crippen LogP contribution in [0.25, 0.3) is 0 Å². The molecule has 0 aliphatic carbocycles. The number of sulfonamides is 1. The predicted octanol–water partition coefficient (Wildman–Crippen LogP) is 3.16. The number of para-hydroxylation sites is 1. The van der Waals surface area contributed by atoms with Crippen molar-refractivity contribution < 1.29 is 22.7 Å². The maximum absolute atomic E-state index is 12.6. The smallest absolute Gasteiger partial charge is 0.242 e. The zero-order chi connectivity index (χ0) is 21.9. The fourth-order valence-corrected chi connectivity index (χ4v) is 4.00. The van der Waals surface area contributed by atoms with E-state index in [0.29, 0.717) is 30.0 Å². The highest BCUT2D eigenvalue weighted by molar-refractivity contribution is 7.92. The van der Waals surface area contributed by atoms with Crippen molar-refractivity contribution in [2.45, 2.75) is 25.8 Å². The molecule has 2 aromatic carbocycles. The molecule has 9 heteroatoms. The van der Waals surface area contributed by atoms with Crippen LogP contribution in [0.3, 0.4) is 0 Å². The molecule has 0 fully saturated rings. The van der Waals surface area contributed by atoms with E-state index in [1.165, 1.54) is 5.01 Å². The maximum atomic E-state index is 12.6. The van der Waals surface area contributed by atoms with Crippen molar-refractivity contribution in [3.63, 3.8) is 0 Å². The lowest BCUT2D eigenvalue weighted by Gasteiger charge is -2.24. The molecule has 0 saturated heterocycles. The molecule has 2 aromatic rings. The second kappa shape index (κ2) is 8.74. The number of ether oxygens (including phenoxy) is 2. The zero-order valence-electron chi connectivity index (χ0n) is 17.4. The molecular weight excluding hydrogens is 406 g/mol. The summed E-state index contributed by atoms with van der Waals surface area (Å²) in [6, 6.07) is 12.1. The Hall–Kier alpha value is -3.07. The summed E-state index contributed by atoms with van der Waals surface area (Å²) >= 11 is 0. The molecule has 8 nitrogen and oxygen atoms in total. The van der Waals surface area contributed by atoms with E-state index < -0.39 is 10.0 Å². The topological polar surface area (TPSA) is 97.3 Å². The molecule has 0 radical (unpaired) electrons. The number of carbonyl (C=O) groups is 1. The van der Waals surface area contributed by atoms with Gasteiger partial charge in [-0.15, -0.1) is 0 Å². The molecule has 30 heavy (non-hydrogen) atoms. The van der Waals surface area contributed by atoms with Crippen LogP contribution in [-0.4, -0.2) is 45.5 Å². The van der Waals surface area contributed by atoms with Crippen molar-refractivity contribution >= 4 is 27.3 Å². The Kier molecular flexibility index (Phi) is 6.31. The van der Waals surface area contributed by atoms with Crippen LogP contribution in [0.5, 0.6) is 11.5 Å². The van der Waals surface area contributed by atoms with Crippen LogP contribution in [-0.2, 0) is 14.8 Å². The van der Waals surface area contributed by atoms with Crippen LogP contribution >= 0.6 is 0 Å². The predicted molar refractivity (Wildman–Crippen MR) is 115 cm³/mol. The van der Waals surface area contributed by atoms with E-state index in [1.54, 1.807) is 51.5 Å². The van der Waals surface area contributed by atoms with Gasteiger partial charge in [-0.3, -0.25) is 9.52 Å². The first-order chi connectivity index (χ1) is 14.3. The van der Waals surface area contributed by atoms with Gasteiger partial charge in [-0.1, -0.05) is 31.2 Å². The molecule has 0 bridgehead atoms. The van der Waals surface area contributed by atoms with Gasteiger partial charge in [0.05, 0.1) is 32.2 Å². The lowest BCUT2D eigenvalue weighted by Crippen LogP contribution is -2.26. The molecule has 1 aliphatic heterocycles. The first-order valence-corrected chi connectivity index (χ1v) is 11.3. The van der Waals surface area contributed by atoms with Crippen LogP contribution in [0.2, 0.25) is 0 Å². The lowest BCUT2D eigenvalue weighted by atomic mass is 9.97. The monoisotopic (exact) mass is 431 g/mol. The maximum Gasteiger partial charge on any atom is 0.242 e. The fraction of sp³-hybridized carbons (Fsp3) is 0.333. The van der Waals surface area contributed by atoms with E-state index >= 15 is 0 Å². The molecule has 160 valence electrons. The van der Waals surface area contributed by atoms with Gasteiger partial charge in [-0.25, -0.2) is 13.4 Å². The Balaban J connectivity index is 1.95. The first-order valence-electron chi connectivity index (χ1n) is 9.46. The Labute approximate surface area is 176 Å². The van der Waals surface area contributed by atoms with Crippen LogP contribution in [0.4, 0.5) is 5.69 Å². The average molecular weight is 432 g/mol. The number of carbonyl (C=O) groups excluding carboxylic acids is 1. The van der Waals surface area contributed by atoms with Gasteiger partial charge in [0, 0.05) is 24.1 Å². The van der Waals surface area contributed by atoms with E-state index in [4.69, 9.17) is 9.47 Å². The molecular formula is C21H25N3O5S. The van der Waals surface area contributed by atoms with Gasteiger partial charge in [0.25, 0.3) is 0 Å². The van der Waals surface area contributed by atoms with Crippen LogP contribution < -0.4 is 14.2 Å². The number of hydrogen-bond donors (Lipinski definition) is 1. The summed E-state index contributed by atoms with van der Waals surface area (Å²) in [5, 5.41) is 6.08.